The maximum Gasteiger partial charge on any atom is 0.274 e. The summed E-state index contributed by atoms with van der Waals surface area (Å²) in [4.78, 5) is 14.3. The zero-order valence-corrected chi connectivity index (χ0v) is 12.8. The van der Waals surface area contributed by atoms with Crippen molar-refractivity contribution in [3.05, 3.63) is 17.5 Å². The Morgan fingerprint density at radius 3 is 2.80 bits per heavy atom. The van der Waals surface area contributed by atoms with Crippen molar-refractivity contribution in [2.75, 3.05) is 13.1 Å². The van der Waals surface area contributed by atoms with Crippen molar-refractivity contribution in [1.29, 1.82) is 0 Å². The quantitative estimate of drug-likeness (QED) is 0.869. The molecule has 2 N–H and O–H groups in total. The fraction of sp³-hybridized carbons (Fsp3) is 0.733. The van der Waals surface area contributed by atoms with Gasteiger partial charge in [0.2, 0.25) is 0 Å². The Balaban J connectivity index is 2.09. The SMILES string of the molecule is CC(O)C1CCCN(C(=O)c2cc(C(C)(C)C)[nH]n2)C1. The lowest BCUT2D eigenvalue weighted by Gasteiger charge is -2.33. The highest BCUT2D eigenvalue weighted by molar-refractivity contribution is 5.92. The van der Waals surface area contributed by atoms with Gasteiger partial charge in [0.1, 0.15) is 5.69 Å². The van der Waals surface area contributed by atoms with Gasteiger partial charge in [-0.1, -0.05) is 20.8 Å². The number of hydrogen-bond donors (Lipinski definition) is 2. The van der Waals surface area contributed by atoms with Crippen molar-refractivity contribution >= 4 is 5.91 Å². The standard InChI is InChI=1S/C15H25N3O2/c1-10(19)11-6-5-7-18(9-11)14(20)12-8-13(17-16-12)15(2,3)4/h8,10-11,19H,5-7,9H2,1-4H3,(H,16,17). The Labute approximate surface area is 120 Å². The third kappa shape index (κ3) is 3.20. The molecule has 2 atom stereocenters. The average molecular weight is 279 g/mol. The molecule has 1 aromatic heterocycles. The Morgan fingerprint density at radius 1 is 1.55 bits per heavy atom. The van der Waals surface area contributed by atoms with Gasteiger partial charge in [0.25, 0.3) is 5.91 Å². The normalized spacial score (nSPS) is 21.9. The number of aliphatic hydroxyl groups excluding tert-OH is 1. The number of nitrogens with zero attached hydrogens (tertiary/aromatic N) is 2. The van der Waals surface area contributed by atoms with Crippen LogP contribution in [0.15, 0.2) is 6.07 Å². The number of likely N-dealkylation sites (tertiary alicyclic amines) is 1. The van der Waals surface area contributed by atoms with E-state index in [1.165, 1.54) is 0 Å². The summed E-state index contributed by atoms with van der Waals surface area (Å²) in [7, 11) is 0. The second-order valence-corrected chi connectivity index (χ2v) is 6.81. The van der Waals surface area contributed by atoms with Crippen molar-refractivity contribution in [1.82, 2.24) is 15.1 Å². The van der Waals surface area contributed by atoms with Crippen molar-refractivity contribution in [3.63, 3.8) is 0 Å². The number of aliphatic hydroxyl groups is 1. The second-order valence-electron chi connectivity index (χ2n) is 6.81. The lowest BCUT2D eigenvalue weighted by Crippen LogP contribution is -2.43. The smallest absolute Gasteiger partial charge is 0.274 e. The number of carbonyl (C=O) groups is 1. The number of piperidine rings is 1. The number of amides is 1. The van der Waals surface area contributed by atoms with Crippen LogP contribution in [0.3, 0.4) is 0 Å². The molecule has 1 aliphatic rings. The predicted octanol–water partition coefficient (Wildman–Crippen LogP) is 1.94. The van der Waals surface area contributed by atoms with E-state index in [2.05, 4.69) is 31.0 Å². The number of carbonyl (C=O) groups excluding carboxylic acids is 1. The third-order valence-corrected chi connectivity index (χ3v) is 4.03. The van der Waals surface area contributed by atoms with Crippen molar-refractivity contribution in [2.24, 2.45) is 5.92 Å². The summed E-state index contributed by atoms with van der Waals surface area (Å²) in [6.07, 6.45) is 1.56. The molecular formula is C15H25N3O2. The topological polar surface area (TPSA) is 69.2 Å². The van der Waals surface area contributed by atoms with E-state index < -0.39 is 0 Å². The summed E-state index contributed by atoms with van der Waals surface area (Å²) in [6, 6.07) is 1.84. The molecule has 1 aromatic rings. The van der Waals surface area contributed by atoms with E-state index >= 15 is 0 Å². The van der Waals surface area contributed by atoms with Crippen molar-refractivity contribution in [2.45, 2.75) is 52.1 Å². The third-order valence-electron chi connectivity index (χ3n) is 4.03. The van der Waals surface area contributed by atoms with Gasteiger partial charge in [-0.2, -0.15) is 5.10 Å². The van der Waals surface area contributed by atoms with Gasteiger partial charge in [0, 0.05) is 30.1 Å². The summed E-state index contributed by atoms with van der Waals surface area (Å²) < 4.78 is 0. The van der Waals surface area contributed by atoms with Gasteiger partial charge in [-0.25, -0.2) is 0 Å². The van der Waals surface area contributed by atoms with Crippen LogP contribution in [0.5, 0.6) is 0 Å². The first-order valence-electron chi connectivity index (χ1n) is 7.32. The molecule has 5 nitrogen and oxygen atoms in total. The molecule has 2 heterocycles. The predicted molar refractivity (Wildman–Crippen MR) is 77.6 cm³/mol. The number of nitrogens with one attached hydrogen (secondary N) is 1. The van der Waals surface area contributed by atoms with E-state index in [1.807, 2.05) is 11.0 Å². The highest BCUT2D eigenvalue weighted by atomic mass is 16.3. The largest absolute Gasteiger partial charge is 0.393 e. The van der Waals surface area contributed by atoms with Crippen molar-refractivity contribution < 1.29 is 9.90 Å². The van der Waals surface area contributed by atoms with Crippen LogP contribution in [0.1, 0.15) is 56.7 Å². The molecule has 1 saturated heterocycles. The maximum atomic E-state index is 12.5. The molecule has 1 fully saturated rings. The second kappa shape index (κ2) is 5.56. The number of H-pyrrole nitrogens is 1. The Bertz CT molecular complexity index is 474. The molecule has 0 aromatic carbocycles. The minimum atomic E-state index is -0.366. The zero-order valence-electron chi connectivity index (χ0n) is 12.8. The van der Waals surface area contributed by atoms with Gasteiger partial charge in [-0.15, -0.1) is 0 Å². The molecule has 1 amide bonds. The number of rotatable bonds is 2. The van der Waals surface area contributed by atoms with Crippen LogP contribution in [0.4, 0.5) is 0 Å². The van der Waals surface area contributed by atoms with E-state index in [9.17, 15) is 9.90 Å². The molecule has 0 aliphatic carbocycles. The molecule has 0 bridgehead atoms. The van der Waals surface area contributed by atoms with E-state index in [4.69, 9.17) is 0 Å². The summed E-state index contributed by atoms with van der Waals surface area (Å²) in [5, 5.41) is 16.8. The molecule has 112 valence electrons. The van der Waals surface area contributed by atoms with E-state index in [1.54, 1.807) is 6.92 Å². The minimum absolute atomic E-state index is 0.0397. The first kappa shape index (κ1) is 15.0. The van der Waals surface area contributed by atoms with Crippen LogP contribution < -0.4 is 0 Å². The van der Waals surface area contributed by atoms with Crippen LogP contribution >= 0.6 is 0 Å². The van der Waals surface area contributed by atoms with Crippen LogP contribution in [0.2, 0.25) is 0 Å². The zero-order chi connectivity index (χ0) is 14.9. The highest BCUT2D eigenvalue weighted by Gasteiger charge is 2.29. The van der Waals surface area contributed by atoms with Crippen LogP contribution in [0, 0.1) is 5.92 Å². The first-order chi connectivity index (χ1) is 9.29. The van der Waals surface area contributed by atoms with Gasteiger partial charge in [-0.05, 0) is 25.8 Å². The van der Waals surface area contributed by atoms with Crippen LogP contribution in [0.25, 0.3) is 0 Å². The van der Waals surface area contributed by atoms with Crippen molar-refractivity contribution in [3.8, 4) is 0 Å². The molecule has 2 rings (SSSR count). The van der Waals surface area contributed by atoms with Gasteiger partial charge in [-0.3, -0.25) is 9.89 Å². The molecule has 1 aliphatic heterocycles. The first-order valence-corrected chi connectivity index (χ1v) is 7.32. The summed E-state index contributed by atoms with van der Waals surface area (Å²) >= 11 is 0. The molecule has 0 spiro atoms. The highest BCUT2D eigenvalue weighted by Crippen LogP contribution is 2.23. The Kier molecular flexibility index (Phi) is 4.18. The summed E-state index contributed by atoms with van der Waals surface area (Å²) in [5.74, 6) is 0.135. The monoisotopic (exact) mass is 279 g/mol. The Morgan fingerprint density at radius 2 is 2.25 bits per heavy atom. The van der Waals surface area contributed by atoms with E-state index in [0.717, 1.165) is 25.1 Å². The van der Waals surface area contributed by atoms with Gasteiger partial charge < -0.3 is 10.0 Å². The van der Waals surface area contributed by atoms with E-state index in [-0.39, 0.29) is 23.3 Å². The van der Waals surface area contributed by atoms with E-state index in [0.29, 0.717) is 12.2 Å². The summed E-state index contributed by atoms with van der Waals surface area (Å²) in [6.45, 7) is 9.41. The molecule has 20 heavy (non-hydrogen) atoms. The number of aromatic nitrogens is 2. The lowest BCUT2D eigenvalue weighted by molar-refractivity contribution is 0.0461. The fourth-order valence-corrected chi connectivity index (χ4v) is 2.57. The molecule has 0 radical (unpaired) electrons. The van der Waals surface area contributed by atoms with Gasteiger partial charge in [0.05, 0.1) is 6.10 Å². The summed E-state index contributed by atoms with van der Waals surface area (Å²) in [5.41, 5.74) is 1.39. The number of aromatic amines is 1. The Hall–Kier alpha value is -1.36. The van der Waals surface area contributed by atoms with Gasteiger partial charge >= 0.3 is 0 Å². The minimum Gasteiger partial charge on any atom is -0.393 e. The van der Waals surface area contributed by atoms with Crippen LogP contribution in [-0.4, -0.2) is 45.3 Å². The molecule has 0 saturated carbocycles. The molecule has 5 heteroatoms. The van der Waals surface area contributed by atoms with Crippen LogP contribution in [-0.2, 0) is 5.41 Å². The maximum absolute atomic E-state index is 12.5. The van der Waals surface area contributed by atoms with Gasteiger partial charge in [0.15, 0.2) is 0 Å². The molecule has 2 unspecified atom stereocenters. The fourth-order valence-electron chi connectivity index (χ4n) is 2.57. The lowest BCUT2D eigenvalue weighted by atomic mass is 9.92. The average Bonchev–Trinajstić information content (AvgIpc) is 2.87. The molecular weight excluding hydrogens is 254 g/mol. The number of hydrogen-bond acceptors (Lipinski definition) is 3.